The summed E-state index contributed by atoms with van der Waals surface area (Å²) in [6.07, 6.45) is 3.30. The molecule has 1 fully saturated rings. The zero-order valence-electron chi connectivity index (χ0n) is 12.0. The van der Waals surface area contributed by atoms with E-state index in [1.54, 1.807) is 6.07 Å². The largest absolute Gasteiger partial charge is 0.351 e. The first kappa shape index (κ1) is 14.7. The number of hydrogen-bond donors (Lipinski definition) is 3. The number of nitrogen functional groups attached to an aromatic ring is 1. The monoisotopic (exact) mass is 277 g/mol. The van der Waals surface area contributed by atoms with Crippen LogP contribution in [0.25, 0.3) is 0 Å². The van der Waals surface area contributed by atoms with Crippen LogP contribution in [0.5, 0.6) is 0 Å². The first-order chi connectivity index (χ1) is 9.72. The van der Waals surface area contributed by atoms with Crippen LogP contribution < -0.4 is 16.6 Å². The van der Waals surface area contributed by atoms with E-state index in [9.17, 15) is 4.79 Å². The summed E-state index contributed by atoms with van der Waals surface area (Å²) in [4.78, 5) is 18.8. The average molecular weight is 277 g/mol. The highest BCUT2D eigenvalue weighted by Crippen LogP contribution is 2.10. The highest BCUT2D eigenvalue weighted by Gasteiger charge is 2.12. The van der Waals surface area contributed by atoms with Gasteiger partial charge in [-0.3, -0.25) is 4.79 Å². The predicted octanol–water partition coefficient (Wildman–Crippen LogP) is 0.755. The van der Waals surface area contributed by atoms with Crippen LogP contribution in [0.2, 0.25) is 0 Å². The molecule has 6 nitrogen and oxygen atoms in total. The van der Waals surface area contributed by atoms with Gasteiger partial charge in [-0.1, -0.05) is 6.92 Å². The fourth-order valence-electron chi connectivity index (χ4n) is 2.41. The molecule has 0 bridgehead atoms. The van der Waals surface area contributed by atoms with Crippen LogP contribution in [0.1, 0.15) is 35.8 Å². The molecule has 0 aliphatic carbocycles. The molecule has 4 N–H and O–H groups in total. The van der Waals surface area contributed by atoms with E-state index in [1.807, 2.05) is 13.0 Å². The fraction of sp³-hybridized carbons (Fsp3) is 0.571. The standard InChI is InChI=1S/C14H23N5O/c1-2-12-9-11(10-13(17-12)18-15)14(20)16-5-8-19-6-3-4-7-19/h9-10H,2-8,15H2,1H3,(H,16,20)(H,17,18). The SMILES string of the molecule is CCc1cc(C(=O)NCCN2CCCC2)cc(NN)n1. The van der Waals surface area contributed by atoms with Gasteiger partial charge in [0.15, 0.2) is 0 Å². The van der Waals surface area contributed by atoms with Gasteiger partial charge in [0.1, 0.15) is 5.82 Å². The second-order valence-electron chi connectivity index (χ2n) is 5.03. The molecule has 0 atom stereocenters. The number of nitrogens with one attached hydrogen (secondary N) is 2. The van der Waals surface area contributed by atoms with Crippen molar-refractivity contribution < 1.29 is 4.79 Å². The van der Waals surface area contributed by atoms with Gasteiger partial charge in [-0.2, -0.15) is 0 Å². The highest BCUT2D eigenvalue weighted by molar-refractivity contribution is 5.95. The van der Waals surface area contributed by atoms with Gasteiger partial charge in [0.2, 0.25) is 0 Å². The molecule has 1 aromatic heterocycles. The van der Waals surface area contributed by atoms with Crippen LogP contribution in [0.4, 0.5) is 5.82 Å². The molecule has 1 aliphatic rings. The number of hydrazine groups is 1. The first-order valence-corrected chi connectivity index (χ1v) is 7.21. The molecule has 2 rings (SSSR count). The molecular weight excluding hydrogens is 254 g/mol. The number of nitrogens with zero attached hydrogens (tertiary/aromatic N) is 2. The summed E-state index contributed by atoms with van der Waals surface area (Å²) < 4.78 is 0. The van der Waals surface area contributed by atoms with Crippen molar-refractivity contribution >= 4 is 11.7 Å². The minimum Gasteiger partial charge on any atom is -0.351 e. The number of likely N-dealkylation sites (tertiary alicyclic amines) is 1. The van der Waals surface area contributed by atoms with Gasteiger partial charge in [-0.15, -0.1) is 0 Å². The smallest absolute Gasteiger partial charge is 0.251 e. The van der Waals surface area contributed by atoms with Crippen molar-refractivity contribution in [2.45, 2.75) is 26.2 Å². The Hall–Kier alpha value is -1.66. The lowest BCUT2D eigenvalue weighted by molar-refractivity contribution is 0.0949. The van der Waals surface area contributed by atoms with E-state index in [2.05, 4.69) is 20.6 Å². The normalized spacial score (nSPS) is 15.3. The van der Waals surface area contributed by atoms with Gasteiger partial charge in [0.25, 0.3) is 5.91 Å². The Morgan fingerprint density at radius 2 is 2.15 bits per heavy atom. The second-order valence-corrected chi connectivity index (χ2v) is 5.03. The predicted molar refractivity (Wildman–Crippen MR) is 79.4 cm³/mol. The third-order valence-electron chi connectivity index (χ3n) is 3.56. The number of rotatable bonds is 6. The molecule has 1 amide bonds. The molecule has 1 saturated heterocycles. The minimum atomic E-state index is -0.0715. The lowest BCUT2D eigenvalue weighted by Gasteiger charge is -2.15. The van der Waals surface area contributed by atoms with E-state index >= 15 is 0 Å². The number of nitrogens with two attached hydrogens (primary N) is 1. The van der Waals surface area contributed by atoms with E-state index in [0.717, 1.165) is 31.7 Å². The summed E-state index contributed by atoms with van der Waals surface area (Å²) in [6.45, 7) is 5.88. The van der Waals surface area contributed by atoms with E-state index in [1.165, 1.54) is 12.8 Å². The number of amides is 1. The Labute approximate surface area is 119 Å². The van der Waals surface area contributed by atoms with Crippen LogP contribution in [0.15, 0.2) is 12.1 Å². The maximum atomic E-state index is 12.1. The molecule has 0 radical (unpaired) electrons. The Balaban J connectivity index is 1.90. The Bertz CT molecular complexity index is 435. The highest BCUT2D eigenvalue weighted by atomic mass is 16.1. The van der Waals surface area contributed by atoms with Crippen LogP contribution in [-0.2, 0) is 6.42 Å². The average Bonchev–Trinajstić information content (AvgIpc) is 2.99. The van der Waals surface area contributed by atoms with Crippen molar-refractivity contribution in [2.75, 3.05) is 31.6 Å². The van der Waals surface area contributed by atoms with Gasteiger partial charge in [0.05, 0.1) is 0 Å². The van der Waals surface area contributed by atoms with E-state index in [0.29, 0.717) is 17.9 Å². The summed E-state index contributed by atoms with van der Waals surface area (Å²) in [5, 5.41) is 2.95. The number of anilines is 1. The maximum absolute atomic E-state index is 12.1. The molecule has 6 heteroatoms. The zero-order valence-corrected chi connectivity index (χ0v) is 12.0. The summed E-state index contributed by atoms with van der Waals surface area (Å²) in [5.41, 5.74) is 3.95. The van der Waals surface area contributed by atoms with Crippen LogP contribution in [0.3, 0.4) is 0 Å². The summed E-state index contributed by atoms with van der Waals surface area (Å²) in [6, 6.07) is 3.48. The molecule has 1 aliphatic heterocycles. The molecule has 20 heavy (non-hydrogen) atoms. The van der Waals surface area contributed by atoms with Crippen molar-refractivity contribution in [3.05, 3.63) is 23.4 Å². The van der Waals surface area contributed by atoms with Crippen LogP contribution >= 0.6 is 0 Å². The maximum Gasteiger partial charge on any atom is 0.251 e. The Kier molecular flexibility index (Phi) is 5.31. The lowest BCUT2D eigenvalue weighted by Crippen LogP contribution is -2.33. The van der Waals surface area contributed by atoms with Gasteiger partial charge < -0.3 is 15.6 Å². The summed E-state index contributed by atoms with van der Waals surface area (Å²) in [5.74, 6) is 5.83. The molecular formula is C14H23N5O. The van der Waals surface area contributed by atoms with Crippen LogP contribution in [-0.4, -0.2) is 42.0 Å². The molecule has 1 aromatic rings. The van der Waals surface area contributed by atoms with Gasteiger partial charge in [0, 0.05) is 24.3 Å². The number of aryl methyl sites for hydroxylation is 1. The third kappa shape index (κ3) is 3.91. The summed E-state index contributed by atoms with van der Waals surface area (Å²) in [7, 11) is 0. The number of hydrogen-bond acceptors (Lipinski definition) is 5. The lowest BCUT2D eigenvalue weighted by atomic mass is 10.2. The number of carbonyl (C=O) groups excluding carboxylic acids is 1. The van der Waals surface area contributed by atoms with E-state index in [4.69, 9.17) is 5.84 Å². The van der Waals surface area contributed by atoms with Crippen molar-refractivity contribution in [1.82, 2.24) is 15.2 Å². The molecule has 2 heterocycles. The molecule has 0 unspecified atom stereocenters. The third-order valence-corrected chi connectivity index (χ3v) is 3.56. The number of aromatic nitrogens is 1. The van der Waals surface area contributed by atoms with E-state index < -0.39 is 0 Å². The fourth-order valence-corrected chi connectivity index (χ4v) is 2.41. The van der Waals surface area contributed by atoms with Crippen molar-refractivity contribution in [3.8, 4) is 0 Å². The minimum absolute atomic E-state index is 0.0715. The molecule has 0 aromatic carbocycles. The topological polar surface area (TPSA) is 83.3 Å². The number of carbonyl (C=O) groups is 1. The molecule has 0 spiro atoms. The first-order valence-electron chi connectivity index (χ1n) is 7.21. The quantitative estimate of drug-likeness (QED) is 0.528. The second kappa shape index (κ2) is 7.21. The van der Waals surface area contributed by atoms with Gasteiger partial charge in [-0.05, 0) is 44.5 Å². The Morgan fingerprint density at radius 3 is 2.80 bits per heavy atom. The molecule has 0 saturated carbocycles. The van der Waals surface area contributed by atoms with Gasteiger partial charge >= 0.3 is 0 Å². The van der Waals surface area contributed by atoms with Crippen molar-refractivity contribution in [2.24, 2.45) is 5.84 Å². The van der Waals surface area contributed by atoms with Crippen LogP contribution in [0, 0.1) is 0 Å². The van der Waals surface area contributed by atoms with Crippen molar-refractivity contribution in [3.63, 3.8) is 0 Å². The molecule has 110 valence electrons. The summed E-state index contributed by atoms with van der Waals surface area (Å²) >= 11 is 0. The number of pyridine rings is 1. The zero-order chi connectivity index (χ0) is 14.4. The van der Waals surface area contributed by atoms with Crippen molar-refractivity contribution in [1.29, 1.82) is 0 Å². The van der Waals surface area contributed by atoms with E-state index in [-0.39, 0.29) is 5.91 Å². The Morgan fingerprint density at radius 1 is 1.40 bits per heavy atom. The van der Waals surface area contributed by atoms with Gasteiger partial charge in [-0.25, -0.2) is 10.8 Å².